The lowest BCUT2D eigenvalue weighted by molar-refractivity contribution is -0.121. The molecule has 6 heteroatoms. The van der Waals surface area contributed by atoms with E-state index in [0.717, 1.165) is 35.5 Å². The molecule has 134 valence electrons. The number of aromatic nitrogens is 3. The Morgan fingerprint density at radius 3 is 2.62 bits per heavy atom. The topological polar surface area (TPSA) is 71.8 Å². The highest BCUT2D eigenvalue weighted by Crippen LogP contribution is 2.23. The van der Waals surface area contributed by atoms with Crippen LogP contribution in [0.25, 0.3) is 16.9 Å². The molecular formula is C20H23N5O. The Kier molecular flexibility index (Phi) is 6.11. The van der Waals surface area contributed by atoms with Gasteiger partial charge in [0.05, 0.1) is 11.4 Å². The first-order valence-electron chi connectivity index (χ1n) is 8.73. The minimum Gasteiger partial charge on any atom is -0.352 e. The first kappa shape index (κ1) is 17.8. The zero-order valence-corrected chi connectivity index (χ0v) is 14.9. The Balaban J connectivity index is 1.81. The Labute approximate surface area is 153 Å². The predicted octanol–water partition coefficient (Wildman–Crippen LogP) is 2.55. The largest absolute Gasteiger partial charge is 0.352 e. The highest BCUT2D eigenvalue weighted by Gasteiger charge is 2.13. The number of carbonyl (C=O) groups excluding carboxylic acids is 1. The Hall–Kier alpha value is -2.99. The molecule has 1 aromatic carbocycles. The highest BCUT2D eigenvalue weighted by atomic mass is 16.1. The number of benzene rings is 1. The van der Waals surface area contributed by atoms with Crippen LogP contribution in [0.2, 0.25) is 0 Å². The number of rotatable bonds is 8. The van der Waals surface area contributed by atoms with Gasteiger partial charge in [-0.15, -0.1) is 0 Å². The minimum absolute atomic E-state index is 0.0494. The quantitative estimate of drug-likeness (QED) is 0.613. The van der Waals surface area contributed by atoms with Crippen molar-refractivity contribution in [3.8, 4) is 16.9 Å². The molecule has 0 aliphatic heterocycles. The van der Waals surface area contributed by atoms with E-state index in [1.54, 1.807) is 12.4 Å². The SMILES string of the molecule is CNCCCC(=O)NCc1cn(-c2ccccc2)nc1-c1ccncc1. The average Bonchev–Trinajstić information content (AvgIpc) is 3.12. The zero-order chi connectivity index (χ0) is 18.2. The van der Waals surface area contributed by atoms with E-state index in [0.29, 0.717) is 13.0 Å². The smallest absolute Gasteiger partial charge is 0.220 e. The molecule has 0 spiro atoms. The summed E-state index contributed by atoms with van der Waals surface area (Å²) in [6.07, 6.45) is 6.80. The van der Waals surface area contributed by atoms with Crippen LogP contribution in [0.4, 0.5) is 0 Å². The van der Waals surface area contributed by atoms with Gasteiger partial charge in [0, 0.05) is 42.7 Å². The molecule has 3 rings (SSSR count). The van der Waals surface area contributed by atoms with Crippen LogP contribution in [0, 0.1) is 0 Å². The predicted molar refractivity (Wildman–Crippen MR) is 102 cm³/mol. The van der Waals surface area contributed by atoms with Crippen molar-refractivity contribution in [2.75, 3.05) is 13.6 Å². The van der Waals surface area contributed by atoms with Crippen molar-refractivity contribution in [1.82, 2.24) is 25.4 Å². The number of hydrogen-bond acceptors (Lipinski definition) is 4. The van der Waals surface area contributed by atoms with Gasteiger partial charge in [-0.05, 0) is 44.3 Å². The molecule has 2 aromatic heterocycles. The average molecular weight is 349 g/mol. The van der Waals surface area contributed by atoms with Gasteiger partial charge in [0.15, 0.2) is 0 Å². The molecule has 0 fully saturated rings. The van der Waals surface area contributed by atoms with Gasteiger partial charge in [-0.2, -0.15) is 5.10 Å². The molecule has 1 amide bonds. The van der Waals surface area contributed by atoms with Crippen molar-refractivity contribution in [2.24, 2.45) is 0 Å². The standard InChI is InChI=1S/C20H23N5O/c1-21-11-5-8-19(26)23-14-17-15-25(18-6-3-2-4-7-18)24-20(17)16-9-12-22-13-10-16/h2-4,6-7,9-10,12-13,15,21H,5,8,11,14H2,1H3,(H,23,26). The molecule has 6 nitrogen and oxygen atoms in total. The summed E-state index contributed by atoms with van der Waals surface area (Å²) in [4.78, 5) is 16.1. The van der Waals surface area contributed by atoms with E-state index in [1.165, 1.54) is 0 Å². The number of hydrogen-bond donors (Lipinski definition) is 2. The summed E-state index contributed by atoms with van der Waals surface area (Å²) in [5.41, 5.74) is 3.79. The second kappa shape index (κ2) is 8.92. The van der Waals surface area contributed by atoms with E-state index in [-0.39, 0.29) is 5.91 Å². The summed E-state index contributed by atoms with van der Waals surface area (Å²) < 4.78 is 1.85. The van der Waals surface area contributed by atoms with E-state index in [2.05, 4.69) is 15.6 Å². The molecule has 3 aromatic rings. The molecule has 2 heterocycles. The zero-order valence-electron chi connectivity index (χ0n) is 14.9. The van der Waals surface area contributed by atoms with Crippen molar-refractivity contribution in [2.45, 2.75) is 19.4 Å². The van der Waals surface area contributed by atoms with Gasteiger partial charge in [0.25, 0.3) is 0 Å². The molecule has 0 saturated carbocycles. The van der Waals surface area contributed by atoms with Gasteiger partial charge in [-0.1, -0.05) is 18.2 Å². The molecule has 0 bridgehead atoms. The van der Waals surface area contributed by atoms with Gasteiger partial charge in [0.2, 0.25) is 5.91 Å². The van der Waals surface area contributed by atoms with Crippen LogP contribution in [0.5, 0.6) is 0 Å². The first-order chi connectivity index (χ1) is 12.8. The van der Waals surface area contributed by atoms with Crippen molar-refractivity contribution < 1.29 is 4.79 Å². The molecule has 0 radical (unpaired) electrons. The lowest BCUT2D eigenvalue weighted by atomic mass is 10.1. The molecule has 0 aliphatic rings. The van der Waals surface area contributed by atoms with Crippen LogP contribution in [0.1, 0.15) is 18.4 Å². The highest BCUT2D eigenvalue weighted by molar-refractivity contribution is 5.76. The Morgan fingerprint density at radius 1 is 1.12 bits per heavy atom. The van der Waals surface area contributed by atoms with E-state index >= 15 is 0 Å². The monoisotopic (exact) mass is 349 g/mol. The van der Waals surface area contributed by atoms with Crippen molar-refractivity contribution in [3.05, 3.63) is 66.6 Å². The van der Waals surface area contributed by atoms with Crippen LogP contribution in [0.15, 0.2) is 61.1 Å². The lowest BCUT2D eigenvalue weighted by Crippen LogP contribution is -2.23. The third kappa shape index (κ3) is 4.55. The fourth-order valence-electron chi connectivity index (χ4n) is 2.71. The molecule has 0 atom stereocenters. The molecule has 26 heavy (non-hydrogen) atoms. The van der Waals surface area contributed by atoms with Crippen molar-refractivity contribution in [3.63, 3.8) is 0 Å². The molecular weight excluding hydrogens is 326 g/mol. The molecule has 2 N–H and O–H groups in total. The maximum atomic E-state index is 12.0. The van der Waals surface area contributed by atoms with Gasteiger partial charge in [-0.25, -0.2) is 4.68 Å². The van der Waals surface area contributed by atoms with Gasteiger partial charge < -0.3 is 10.6 Å². The third-order valence-electron chi connectivity index (χ3n) is 4.07. The summed E-state index contributed by atoms with van der Waals surface area (Å²) in [5, 5.41) is 10.8. The van der Waals surface area contributed by atoms with Crippen LogP contribution in [-0.2, 0) is 11.3 Å². The summed E-state index contributed by atoms with van der Waals surface area (Å²) in [6.45, 7) is 1.28. The van der Waals surface area contributed by atoms with Gasteiger partial charge in [-0.3, -0.25) is 9.78 Å². The number of nitrogens with one attached hydrogen (secondary N) is 2. The first-order valence-corrected chi connectivity index (χ1v) is 8.73. The minimum atomic E-state index is 0.0494. The number of nitrogens with zero attached hydrogens (tertiary/aromatic N) is 3. The lowest BCUT2D eigenvalue weighted by Gasteiger charge is -2.05. The molecule has 0 saturated heterocycles. The van der Waals surface area contributed by atoms with Crippen LogP contribution >= 0.6 is 0 Å². The van der Waals surface area contributed by atoms with Crippen LogP contribution < -0.4 is 10.6 Å². The maximum absolute atomic E-state index is 12.0. The third-order valence-corrected chi connectivity index (χ3v) is 4.07. The van der Waals surface area contributed by atoms with E-state index in [1.807, 2.05) is 60.4 Å². The second-order valence-corrected chi connectivity index (χ2v) is 6.00. The summed E-state index contributed by atoms with van der Waals surface area (Å²) in [7, 11) is 1.89. The fraction of sp³-hybridized carbons (Fsp3) is 0.250. The Morgan fingerprint density at radius 2 is 1.88 bits per heavy atom. The molecule has 0 unspecified atom stereocenters. The van der Waals surface area contributed by atoms with Crippen LogP contribution in [-0.4, -0.2) is 34.3 Å². The van der Waals surface area contributed by atoms with Crippen LogP contribution in [0.3, 0.4) is 0 Å². The fourth-order valence-corrected chi connectivity index (χ4v) is 2.71. The number of amides is 1. The second-order valence-electron chi connectivity index (χ2n) is 6.00. The van der Waals surface area contributed by atoms with Crippen molar-refractivity contribution in [1.29, 1.82) is 0 Å². The normalized spacial score (nSPS) is 10.7. The van der Waals surface area contributed by atoms with E-state index in [4.69, 9.17) is 5.10 Å². The molecule has 0 aliphatic carbocycles. The van der Waals surface area contributed by atoms with E-state index < -0.39 is 0 Å². The Bertz CT molecular complexity index is 830. The van der Waals surface area contributed by atoms with Gasteiger partial charge in [0.1, 0.15) is 0 Å². The number of carbonyl (C=O) groups is 1. The number of pyridine rings is 1. The summed E-state index contributed by atoms with van der Waals surface area (Å²) in [5.74, 6) is 0.0494. The van der Waals surface area contributed by atoms with Gasteiger partial charge >= 0.3 is 0 Å². The summed E-state index contributed by atoms with van der Waals surface area (Å²) in [6, 6.07) is 13.8. The summed E-state index contributed by atoms with van der Waals surface area (Å²) >= 11 is 0. The number of para-hydroxylation sites is 1. The maximum Gasteiger partial charge on any atom is 0.220 e. The van der Waals surface area contributed by atoms with Crippen molar-refractivity contribution >= 4 is 5.91 Å². The van der Waals surface area contributed by atoms with E-state index in [9.17, 15) is 4.79 Å².